The predicted molar refractivity (Wildman–Crippen MR) is 87.5 cm³/mol. The summed E-state index contributed by atoms with van der Waals surface area (Å²) < 4.78 is 0. The van der Waals surface area contributed by atoms with Gasteiger partial charge in [0.15, 0.2) is 0 Å². The van der Waals surface area contributed by atoms with E-state index >= 15 is 0 Å². The van der Waals surface area contributed by atoms with Crippen LogP contribution in [0, 0.1) is 6.92 Å². The van der Waals surface area contributed by atoms with Crippen LogP contribution < -0.4 is 10.6 Å². The van der Waals surface area contributed by atoms with Gasteiger partial charge in [-0.2, -0.15) is 0 Å². The SMILES string of the molecule is Cc1ccccc1CNc1cccc(C(=O)NC(C)C)c1. The average molecular weight is 282 g/mol. The van der Waals surface area contributed by atoms with Gasteiger partial charge in [-0.3, -0.25) is 4.79 Å². The zero-order valence-corrected chi connectivity index (χ0v) is 12.8. The van der Waals surface area contributed by atoms with E-state index in [0.29, 0.717) is 5.56 Å². The molecule has 21 heavy (non-hydrogen) atoms. The summed E-state index contributed by atoms with van der Waals surface area (Å²) in [6.45, 7) is 6.77. The lowest BCUT2D eigenvalue weighted by Gasteiger charge is -2.11. The van der Waals surface area contributed by atoms with Crippen molar-refractivity contribution in [3.05, 3.63) is 65.2 Å². The Morgan fingerprint density at radius 1 is 1.10 bits per heavy atom. The highest BCUT2D eigenvalue weighted by Gasteiger charge is 2.07. The maximum Gasteiger partial charge on any atom is 0.251 e. The third-order valence-electron chi connectivity index (χ3n) is 3.29. The minimum absolute atomic E-state index is 0.0375. The van der Waals surface area contributed by atoms with Gasteiger partial charge >= 0.3 is 0 Å². The molecule has 0 unspecified atom stereocenters. The van der Waals surface area contributed by atoms with Crippen molar-refractivity contribution >= 4 is 11.6 Å². The molecule has 0 atom stereocenters. The summed E-state index contributed by atoms with van der Waals surface area (Å²) in [6, 6.07) is 16.0. The lowest BCUT2D eigenvalue weighted by atomic mass is 10.1. The molecule has 0 aliphatic rings. The van der Waals surface area contributed by atoms with E-state index < -0.39 is 0 Å². The van der Waals surface area contributed by atoms with Crippen molar-refractivity contribution in [3.63, 3.8) is 0 Å². The van der Waals surface area contributed by atoms with E-state index in [2.05, 4.69) is 29.7 Å². The molecule has 2 rings (SSSR count). The Bertz CT molecular complexity index is 620. The number of carbonyl (C=O) groups is 1. The van der Waals surface area contributed by atoms with Crippen LogP contribution in [0.3, 0.4) is 0 Å². The fraction of sp³-hybridized carbons (Fsp3) is 0.278. The van der Waals surface area contributed by atoms with Gasteiger partial charge in [0, 0.05) is 23.8 Å². The molecule has 2 aromatic carbocycles. The van der Waals surface area contributed by atoms with Crippen LogP contribution in [0.25, 0.3) is 0 Å². The van der Waals surface area contributed by atoms with E-state index in [1.807, 2.05) is 50.2 Å². The van der Waals surface area contributed by atoms with Gasteiger partial charge < -0.3 is 10.6 Å². The quantitative estimate of drug-likeness (QED) is 0.877. The van der Waals surface area contributed by atoms with E-state index in [0.717, 1.165) is 12.2 Å². The lowest BCUT2D eigenvalue weighted by Crippen LogP contribution is -2.30. The summed E-state index contributed by atoms with van der Waals surface area (Å²) in [5.41, 5.74) is 4.15. The number of rotatable bonds is 5. The Morgan fingerprint density at radius 3 is 2.57 bits per heavy atom. The number of hydrogen-bond donors (Lipinski definition) is 2. The molecule has 2 N–H and O–H groups in total. The average Bonchev–Trinajstić information content (AvgIpc) is 2.46. The maximum absolute atomic E-state index is 12.0. The highest BCUT2D eigenvalue weighted by Crippen LogP contribution is 2.14. The zero-order chi connectivity index (χ0) is 15.2. The molecule has 1 amide bonds. The molecule has 3 nitrogen and oxygen atoms in total. The molecule has 0 bridgehead atoms. The van der Waals surface area contributed by atoms with Crippen molar-refractivity contribution < 1.29 is 4.79 Å². The predicted octanol–water partition coefficient (Wildman–Crippen LogP) is 3.75. The summed E-state index contributed by atoms with van der Waals surface area (Å²) >= 11 is 0. The normalized spacial score (nSPS) is 10.5. The van der Waals surface area contributed by atoms with E-state index in [9.17, 15) is 4.79 Å². The zero-order valence-electron chi connectivity index (χ0n) is 12.8. The first kappa shape index (κ1) is 15.1. The third kappa shape index (κ3) is 4.35. The van der Waals surface area contributed by atoms with Gasteiger partial charge in [-0.05, 0) is 50.1 Å². The molecule has 0 spiro atoms. The molecule has 110 valence electrons. The number of benzene rings is 2. The van der Waals surface area contributed by atoms with Gasteiger partial charge in [-0.15, -0.1) is 0 Å². The lowest BCUT2D eigenvalue weighted by molar-refractivity contribution is 0.0943. The van der Waals surface area contributed by atoms with Crippen molar-refractivity contribution in [1.82, 2.24) is 5.32 Å². The molecule has 0 aliphatic heterocycles. The molecular formula is C18H22N2O. The standard InChI is InChI=1S/C18H22N2O/c1-13(2)20-18(21)15-9-6-10-17(11-15)19-12-16-8-5-4-7-14(16)3/h4-11,13,19H,12H2,1-3H3,(H,20,21). The Labute approximate surface area is 126 Å². The van der Waals surface area contributed by atoms with Crippen molar-refractivity contribution in [2.45, 2.75) is 33.4 Å². The van der Waals surface area contributed by atoms with Crippen molar-refractivity contribution in [2.75, 3.05) is 5.32 Å². The van der Waals surface area contributed by atoms with Crippen LogP contribution in [0.2, 0.25) is 0 Å². The van der Waals surface area contributed by atoms with Crippen LogP contribution in [-0.4, -0.2) is 11.9 Å². The van der Waals surface area contributed by atoms with Crippen LogP contribution >= 0.6 is 0 Å². The molecule has 0 aromatic heterocycles. The first-order chi connectivity index (χ1) is 10.1. The molecule has 0 heterocycles. The number of amides is 1. The van der Waals surface area contributed by atoms with Crippen molar-refractivity contribution in [2.24, 2.45) is 0 Å². The van der Waals surface area contributed by atoms with E-state index in [4.69, 9.17) is 0 Å². The number of aryl methyl sites for hydroxylation is 1. The van der Waals surface area contributed by atoms with Crippen molar-refractivity contribution in [3.8, 4) is 0 Å². The second kappa shape index (κ2) is 6.93. The van der Waals surface area contributed by atoms with Crippen LogP contribution in [0.15, 0.2) is 48.5 Å². The summed E-state index contributed by atoms with van der Waals surface area (Å²) in [6.07, 6.45) is 0. The molecule has 0 aliphatic carbocycles. The van der Waals surface area contributed by atoms with Crippen LogP contribution in [-0.2, 0) is 6.54 Å². The Morgan fingerprint density at radius 2 is 1.86 bits per heavy atom. The first-order valence-electron chi connectivity index (χ1n) is 7.25. The monoisotopic (exact) mass is 282 g/mol. The van der Waals surface area contributed by atoms with Crippen LogP contribution in [0.4, 0.5) is 5.69 Å². The number of hydrogen-bond acceptors (Lipinski definition) is 2. The second-order valence-electron chi connectivity index (χ2n) is 5.49. The summed E-state index contributed by atoms with van der Waals surface area (Å²) in [5, 5.41) is 6.27. The van der Waals surface area contributed by atoms with Crippen LogP contribution in [0.1, 0.15) is 35.3 Å². The molecular weight excluding hydrogens is 260 g/mol. The van der Waals surface area contributed by atoms with Crippen molar-refractivity contribution in [1.29, 1.82) is 0 Å². The van der Waals surface area contributed by atoms with E-state index in [-0.39, 0.29) is 11.9 Å². The molecule has 0 fully saturated rings. The second-order valence-corrected chi connectivity index (χ2v) is 5.49. The van der Waals surface area contributed by atoms with Gasteiger partial charge in [0.2, 0.25) is 0 Å². The largest absolute Gasteiger partial charge is 0.381 e. The Hall–Kier alpha value is -2.29. The maximum atomic E-state index is 12.0. The number of carbonyl (C=O) groups excluding carboxylic acids is 1. The van der Waals surface area contributed by atoms with Gasteiger partial charge in [-0.25, -0.2) is 0 Å². The van der Waals surface area contributed by atoms with Gasteiger partial charge in [0.25, 0.3) is 5.91 Å². The number of anilines is 1. The van der Waals surface area contributed by atoms with Gasteiger partial charge in [-0.1, -0.05) is 30.3 Å². The van der Waals surface area contributed by atoms with Gasteiger partial charge in [0.05, 0.1) is 0 Å². The Balaban J connectivity index is 2.04. The molecule has 0 radical (unpaired) electrons. The fourth-order valence-electron chi connectivity index (χ4n) is 2.12. The topological polar surface area (TPSA) is 41.1 Å². The van der Waals surface area contributed by atoms with Gasteiger partial charge in [0.1, 0.15) is 0 Å². The summed E-state index contributed by atoms with van der Waals surface area (Å²) in [7, 11) is 0. The van der Waals surface area contributed by atoms with Crippen LogP contribution in [0.5, 0.6) is 0 Å². The van der Waals surface area contributed by atoms with E-state index in [1.54, 1.807) is 0 Å². The third-order valence-corrected chi connectivity index (χ3v) is 3.29. The molecule has 3 heteroatoms. The summed E-state index contributed by atoms with van der Waals surface area (Å²) in [4.78, 5) is 12.0. The number of nitrogens with one attached hydrogen (secondary N) is 2. The first-order valence-corrected chi connectivity index (χ1v) is 7.25. The Kier molecular flexibility index (Phi) is 4.99. The molecule has 2 aromatic rings. The smallest absolute Gasteiger partial charge is 0.251 e. The van der Waals surface area contributed by atoms with E-state index in [1.165, 1.54) is 11.1 Å². The minimum atomic E-state index is -0.0375. The minimum Gasteiger partial charge on any atom is -0.381 e. The summed E-state index contributed by atoms with van der Waals surface area (Å²) in [5.74, 6) is -0.0375. The highest BCUT2D eigenvalue weighted by atomic mass is 16.1. The highest BCUT2D eigenvalue weighted by molar-refractivity contribution is 5.95. The molecule has 0 saturated carbocycles. The fourth-order valence-corrected chi connectivity index (χ4v) is 2.12. The molecule has 0 saturated heterocycles.